The number of rotatable bonds is 7. The molecule has 157 valence electrons. The van der Waals surface area contributed by atoms with Gasteiger partial charge in [0.05, 0.1) is 0 Å². The van der Waals surface area contributed by atoms with Crippen molar-refractivity contribution in [3.63, 3.8) is 0 Å². The molecule has 1 heterocycles. The van der Waals surface area contributed by atoms with E-state index < -0.39 is 3.93 Å². The lowest BCUT2D eigenvalue weighted by Crippen LogP contribution is -3.40. The molecule has 0 bridgehead atoms. The third-order valence-electron chi connectivity index (χ3n) is 5.07. The van der Waals surface area contributed by atoms with Crippen LogP contribution in [0.5, 0.6) is 0 Å². The van der Waals surface area contributed by atoms with Gasteiger partial charge in [-0.1, -0.05) is 48.5 Å². The normalized spacial score (nSPS) is 16.4. The summed E-state index contributed by atoms with van der Waals surface area (Å²) < 4.78 is 30.5. The van der Waals surface area contributed by atoms with E-state index in [2.05, 4.69) is 4.90 Å². The number of piperazine rings is 1. The van der Waals surface area contributed by atoms with E-state index in [1.165, 1.54) is 28.7 Å². The number of para-hydroxylation sites is 1. The summed E-state index contributed by atoms with van der Waals surface area (Å²) in [7, 11) is 0. The van der Waals surface area contributed by atoms with Crippen LogP contribution in [-0.2, 0) is 8.67 Å². The number of anilines is 1. The van der Waals surface area contributed by atoms with Crippen LogP contribution in [0.3, 0.4) is 0 Å². The fraction of sp³-hybridized carbons (Fsp3) is 0.381. The van der Waals surface area contributed by atoms with Crippen molar-refractivity contribution in [2.24, 2.45) is 5.73 Å². The van der Waals surface area contributed by atoms with Crippen LogP contribution in [0.1, 0.15) is 23.7 Å². The van der Waals surface area contributed by atoms with Gasteiger partial charge in [-0.3, -0.25) is 10.3 Å². The molecule has 2 aromatic carbocycles. The minimum absolute atomic E-state index is 0.0630. The van der Waals surface area contributed by atoms with Crippen LogP contribution >= 0.6 is 0 Å². The first-order valence-corrected chi connectivity index (χ1v) is 10.6. The van der Waals surface area contributed by atoms with Crippen LogP contribution in [0.4, 0.5) is 14.5 Å². The Morgan fingerprint density at radius 2 is 1.69 bits per heavy atom. The van der Waals surface area contributed by atoms with Crippen molar-refractivity contribution in [3.8, 4) is 0 Å². The molecule has 1 atom stereocenters. The van der Waals surface area contributed by atoms with E-state index in [9.17, 15) is 8.78 Å². The Balaban J connectivity index is 1.58. The minimum atomic E-state index is -2.89. The summed E-state index contributed by atoms with van der Waals surface area (Å²) in [6, 6.07) is 16.2. The molecule has 0 aromatic heterocycles. The molecule has 0 amide bonds. The zero-order chi connectivity index (χ0) is 20.9. The molecule has 0 spiro atoms. The fourth-order valence-electron chi connectivity index (χ4n) is 3.62. The number of amidine groups is 1. The Bertz CT molecular complexity index is 808. The largest absolute Gasteiger partial charge is 0.709 e. The van der Waals surface area contributed by atoms with Crippen molar-refractivity contribution < 1.29 is 36.1 Å². The number of ether oxygens (including phenoxy) is 1. The molecule has 29 heavy (non-hydrogen) atoms. The second-order valence-electron chi connectivity index (χ2n) is 7.01. The van der Waals surface area contributed by atoms with E-state index in [0.717, 1.165) is 25.2 Å². The zero-order valence-corrected chi connectivity index (χ0v) is 18.2. The van der Waals surface area contributed by atoms with Gasteiger partial charge >= 0.3 is 0 Å². The van der Waals surface area contributed by atoms with Crippen molar-refractivity contribution in [2.75, 3.05) is 37.6 Å². The van der Waals surface area contributed by atoms with Gasteiger partial charge in [0.2, 0.25) is 0 Å². The predicted octanol–water partition coefficient (Wildman–Crippen LogP) is 0.453. The highest BCUT2D eigenvalue weighted by atomic mass is 127. The summed E-state index contributed by atoms with van der Waals surface area (Å²) in [6.07, 6.45) is 0.427. The monoisotopic (exact) mass is 514 g/mol. The summed E-state index contributed by atoms with van der Waals surface area (Å²) in [5.41, 5.74) is 7.10. The van der Waals surface area contributed by atoms with E-state index in [-0.39, 0.29) is 17.7 Å². The van der Waals surface area contributed by atoms with Crippen LogP contribution in [0.15, 0.2) is 54.6 Å². The molecule has 1 radical (unpaired) electrons. The van der Waals surface area contributed by atoms with Gasteiger partial charge in [0, 0.05) is 50.4 Å². The average molecular weight is 514 g/mol. The number of hydrogen-bond acceptors (Lipinski definition) is 4. The van der Waals surface area contributed by atoms with Crippen LogP contribution < -0.4 is 33.2 Å². The number of alkyl halides is 3. The Hall–Kier alpha value is -1.94. The molecule has 1 aliphatic heterocycles. The third-order valence-corrected chi connectivity index (χ3v) is 5.65. The van der Waals surface area contributed by atoms with Crippen molar-refractivity contribution >= 4 is 11.7 Å². The maximum atomic E-state index is 13.9. The second kappa shape index (κ2) is 9.71. The highest BCUT2D eigenvalue weighted by Gasteiger charge is 2.25. The summed E-state index contributed by atoms with van der Waals surface area (Å²) in [4.78, 5) is 4.32. The first kappa shape index (κ1) is 21.8. The summed E-state index contributed by atoms with van der Waals surface area (Å²) in [5, 5.41) is 7.46. The van der Waals surface area contributed by atoms with Gasteiger partial charge in [0.25, 0.3) is 6.02 Å². The average Bonchev–Trinajstić information content (AvgIpc) is 2.71. The number of nitrogens with one attached hydrogen (secondary N) is 1. The molecular weight excluding hydrogens is 489 g/mol. The highest BCUT2D eigenvalue weighted by molar-refractivity contribution is 5.67. The number of nitrogens with zero attached hydrogens (tertiary/aromatic N) is 2. The second-order valence-corrected chi connectivity index (χ2v) is 8.37. The lowest BCUT2D eigenvalue weighted by molar-refractivity contribution is -0.583. The molecular formula is C21H25F2IN4O-. The number of benzene rings is 2. The quantitative estimate of drug-likeness (QED) is 0.244. The molecule has 5 nitrogen and oxygen atoms in total. The van der Waals surface area contributed by atoms with E-state index in [1.54, 1.807) is 18.2 Å². The Kier molecular flexibility index (Phi) is 7.28. The van der Waals surface area contributed by atoms with Crippen LogP contribution in [0.25, 0.3) is 0 Å². The predicted molar refractivity (Wildman–Crippen MR) is 106 cm³/mol. The standard InChI is InChI=1S/C21H25F2IN4O/c22-21(23,24)17-8-4-5-9-18(17)28-14-12-27(13-15-28)11-10-19(29-20(25)26)16-6-2-1-3-7-16/h1-9,19H,10-15H2,(H3,25,26)/q-1. The molecule has 1 fully saturated rings. The molecule has 0 aliphatic carbocycles. The molecule has 8 heteroatoms. The Morgan fingerprint density at radius 3 is 2.31 bits per heavy atom. The fourth-order valence-corrected chi connectivity index (χ4v) is 4.07. The van der Waals surface area contributed by atoms with E-state index in [0.29, 0.717) is 25.2 Å². The van der Waals surface area contributed by atoms with Crippen molar-refractivity contribution in [2.45, 2.75) is 16.5 Å². The molecule has 0 saturated carbocycles. The van der Waals surface area contributed by atoms with Gasteiger partial charge in [0.15, 0.2) is 3.93 Å². The third kappa shape index (κ3) is 6.02. The molecule has 2 aromatic rings. The van der Waals surface area contributed by atoms with Crippen LogP contribution in [0, 0.1) is 5.41 Å². The van der Waals surface area contributed by atoms with Crippen molar-refractivity contribution in [3.05, 3.63) is 65.7 Å². The van der Waals surface area contributed by atoms with Gasteiger partial charge in [-0.2, -0.15) is 0 Å². The molecule has 1 aliphatic rings. The topological polar surface area (TPSA) is 65.6 Å². The van der Waals surface area contributed by atoms with Gasteiger partial charge < -0.3 is 38.0 Å². The number of halogens is 3. The molecule has 1 unspecified atom stereocenters. The van der Waals surface area contributed by atoms with Crippen LogP contribution in [-0.4, -0.2) is 43.6 Å². The lowest BCUT2D eigenvalue weighted by atomic mass is 10.1. The van der Waals surface area contributed by atoms with E-state index in [4.69, 9.17) is 15.9 Å². The lowest BCUT2D eigenvalue weighted by Gasteiger charge is -2.39. The molecule has 3 N–H and O–H groups in total. The minimum Gasteiger partial charge on any atom is -0.709 e. The Labute approximate surface area is 183 Å². The Morgan fingerprint density at radius 1 is 1.07 bits per heavy atom. The van der Waals surface area contributed by atoms with Gasteiger partial charge in [-0.25, -0.2) is 8.78 Å². The molecule has 1 saturated heterocycles. The SMILES string of the molecule is N=C(N)OC(CCN1CCN(c2ccccc2C(F)(F)[I-])CC1)c1ccccc1. The smallest absolute Gasteiger partial charge is 0.279 e. The molecule has 3 rings (SSSR count). The van der Waals surface area contributed by atoms with E-state index in [1.807, 2.05) is 35.2 Å². The van der Waals surface area contributed by atoms with Crippen molar-refractivity contribution in [1.82, 2.24) is 4.90 Å². The zero-order valence-electron chi connectivity index (χ0n) is 16.0. The van der Waals surface area contributed by atoms with Gasteiger partial charge in [0.1, 0.15) is 6.10 Å². The summed E-state index contributed by atoms with van der Waals surface area (Å²) in [5.74, 6) is 0. The van der Waals surface area contributed by atoms with Crippen LogP contribution in [0.2, 0.25) is 0 Å². The van der Waals surface area contributed by atoms with Gasteiger partial charge in [-0.15, -0.1) is 0 Å². The maximum Gasteiger partial charge on any atom is 0.279 e. The maximum absolute atomic E-state index is 13.9. The summed E-state index contributed by atoms with van der Waals surface area (Å²) >= 11 is 1.19. The number of nitrogens with two attached hydrogens (primary N) is 1. The highest BCUT2D eigenvalue weighted by Crippen LogP contribution is 2.30. The van der Waals surface area contributed by atoms with Crippen molar-refractivity contribution in [1.29, 1.82) is 5.41 Å². The van der Waals surface area contributed by atoms with E-state index >= 15 is 0 Å². The first-order chi connectivity index (χ1) is 13.8. The first-order valence-electron chi connectivity index (χ1n) is 9.54. The number of hydrogen-bond donors (Lipinski definition) is 2. The summed E-state index contributed by atoms with van der Waals surface area (Å²) in [6.45, 7) is 3.72. The van der Waals surface area contributed by atoms with Gasteiger partial charge in [-0.05, 0) is 11.6 Å².